The van der Waals surface area contributed by atoms with E-state index < -0.39 is 0 Å². The summed E-state index contributed by atoms with van der Waals surface area (Å²) in [7, 11) is 0. The largest absolute Gasteiger partial charge is 0.463 e. The second kappa shape index (κ2) is 8.82. The summed E-state index contributed by atoms with van der Waals surface area (Å²) in [6.45, 7) is 2.18. The van der Waals surface area contributed by atoms with E-state index in [2.05, 4.69) is 10.6 Å². The van der Waals surface area contributed by atoms with E-state index in [1.807, 2.05) is 54.7 Å². The Labute approximate surface area is 157 Å². The number of nitrogens with two attached hydrogens (primary N) is 1. The van der Waals surface area contributed by atoms with Gasteiger partial charge in [-0.3, -0.25) is 9.59 Å². The Bertz CT molecular complexity index is 892. The van der Waals surface area contributed by atoms with E-state index in [1.165, 1.54) is 0 Å². The highest BCUT2D eigenvalue weighted by molar-refractivity contribution is 6.10. The van der Waals surface area contributed by atoms with Crippen LogP contribution in [0.4, 0.5) is 11.4 Å². The minimum atomic E-state index is -0.273. The molecule has 0 aliphatic heterocycles. The molecule has 1 atom stereocenters. The molecule has 1 aromatic heterocycles. The van der Waals surface area contributed by atoms with Crippen LogP contribution in [0.2, 0.25) is 0 Å². The number of hydrogen-bond acceptors (Lipinski definition) is 3. The van der Waals surface area contributed by atoms with E-state index in [-0.39, 0.29) is 24.4 Å². The first-order chi connectivity index (χ1) is 13.1. The zero-order chi connectivity index (χ0) is 19.1. The number of hydrogen-bond donors (Lipinski definition) is 3. The molecule has 0 bridgehead atoms. The molecule has 2 amide bonds. The van der Waals surface area contributed by atoms with Crippen molar-refractivity contribution in [2.45, 2.75) is 13.0 Å². The molecule has 0 radical (unpaired) electrons. The van der Waals surface area contributed by atoms with Gasteiger partial charge in [-0.2, -0.15) is 0 Å². The maximum atomic E-state index is 12.6. The van der Waals surface area contributed by atoms with Crippen molar-refractivity contribution in [3.05, 3.63) is 84.3 Å². The second-order valence-corrected chi connectivity index (χ2v) is 6.16. The average Bonchev–Trinajstić information content (AvgIpc) is 3.22. The molecule has 2 aromatic carbocycles. The van der Waals surface area contributed by atoms with Crippen LogP contribution < -0.4 is 16.0 Å². The van der Waals surface area contributed by atoms with Crippen LogP contribution in [0.3, 0.4) is 0 Å². The predicted molar refractivity (Wildman–Crippen MR) is 103 cm³/mol. The van der Waals surface area contributed by atoms with Crippen molar-refractivity contribution in [1.82, 2.24) is 0 Å². The van der Waals surface area contributed by atoms with Gasteiger partial charge in [-0.1, -0.05) is 30.3 Å². The molecule has 0 saturated heterocycles. The Kier molecular flexibility index (Phi) is 6.02. The fraction of sp³-hybridized carbons (Fsp3) is 0.143. The van der Waals surface area contributed by atoms with Gasteiger partial charge in [0.2, 0.25) is 0 Å². The van der Waals surface area contributed by atoms with E-state index in [4.69, 9.17) is 4.42 Å². The number of rotatable bonds is 7. The van der Waals surface area contributed by atoms with Crippen LogP contribution in [0.5, 0.6) is 0 Å². The van der Waals surface area contributed by atoms with Gasteiger partial charge in [-0.15, -0.1) is 0 Å². The number of amides is 2. The lowest BCUT2D eigenvalue weighted by Crippen LogP contribution is -2.86. The summed E-state index contributed by atoms with van der Waals surface area (Å²) in [6, 6.07) is 19.9. The number of quaternary nitrogens is 1. The topological polar surface area (TPSA) is 88.0 Å². The van der Waals surface area contributed by atoms with Gasteiger partial charge in [-0.25, -0.2) is 0 Å². The molecule has 27 heavy (non-hydrogen) atoms. The van der Waals surface area contributed by atoms with E-state index >= 15 is 0 Å². The number of furan rings is 1. The zero-order valence-electron chi connectivity index (χ0n) is 15.0. The summed E-state index contributed by atoms with van der Waals surface area (Å²) in [5.41, 5.74) is 1.59. The smallest absolute Gasteiger partial charge is 0.279 e. The average molecular weight is 364 g/mol. The third-order valence-electron chi connectivity index (χ3n) is 4.13. The molecule has 138 valence electrons. The van der Waals surface area contributed by atoms with E-state index in [0.717, 1.165) is 5.76 Å². The lowest BCUT2D eigenvalue weighted by molar-refractivity contribution is -0.684. The molecule has 6 heteroatoms. The van der Waals surface area contributed by atoms with Crippen molar-refractivity contribution in [3.8, 4) is 0 Å². The molecule has 6 nitrogen and oxygen atoms in total. The Balaban J connectivity index is 1.61. The first-order valence-electron chi connectivity index (χ1n) is 8.75. The highest BCUT2D eigenvalue weighted by atomic mass is 16.3. The van der Waals surface area contributed by atoms with Crippen LogP contribution in [0.25, 0.3) is 0 Å². The molecule has 0 aliphatic rings. The van der Waals surface area contributed by atoms with E-state index in [0.29, 0.717) is 16.9 Å². The van der Waals surface area contributed by atoms with Crippen LogP contribution in [-0.4, -0.2) is 18.4 Å². The zero-order valence-corrected chi connectivity index (χ0v) is 15.0. The van der Waals surface area contributed by atoms with Crippen molar-refractivity contribution in [2.24, 2.45) is 0 Å². The van der Waals surface area contributed by atoms with Crippen molar-refractivity contribution in [2.75, 3.05) is 17.2 Å². The lowest BCUT2D eigenvalue weighted by atomic mass is 10.1. The van der Waals surface area contributed by atoms with Gasteiger partial charge in [0.05, 0.1) is 17.5 Å². The van der Waals surface area contributed by atoms with Crippen LogP contribution in [-0.2, 0) is 4.79 Å². The normalized spacial score (nSPS) is 11.6. The summed E-state index contributed by atoms with van der Waals surface area (Å²) in [5.74, 6) is 0.351. The van der Waals surface area contributed by atoms with Crippen LogP contribution in [0.1, 0.15) is 29.1 Å². The highest BCUT2D eigenvalue weighted by Crippen LogP contribution is 2.17. The maximum Gasteiger partial charge on any atom is 0.279 e. The molecule has 4 N–H and O–H groups in total. The number of benzene rings is 2. The first-order valence-corrected chi connectivity index (χ1v) is 8.75. The maximum absolute atomic E-state index is 12.6. The fourth-order valence-corrected chi connectivity index (χ4v) is 2.66. The highest BCUT2D eigenvalue weighted by Gasteiger charge is 2.16. The number of carbonyl (C=O) groups excluding carboxylic acids is 2. The lowest BCUT2D eigenvalue weighted by Gasteiger charge is -2.12. The SMILES string of the molecule is C[C@@H]([NH2+]CC(=O)Nc1ccccc1C(=O)Nc1ccccc1)c1ccco1. The molecule has 0 fully saturated rings. The van der Waals surface area contributed by atoms with E-state index in [1.54, 1.807) is 30.5 Å². The summed E-state index contributed by atoms with van der Waals surface area (Å²) in [4.78, 5) is 24.9. The van der Waals surface area contributed by atoms with Gasteiger partial charge in [0.15, 0.2) is 12.3 Å². The molecular weight excluding hydrogens is 342 g/mol. The van der Waals surface area contributed by atoms with Crippen molar-refractivity contribution >= 4 is 23.2 Å². The number of carbonyl (C=O) groups is 2. The third kappa shape index (κ3) is 5.05. The molecule has 1 heterocycles. The third-order valence-corrected chi connectivity index (χ3v) is 4.13. The minimum Gasteiger partial charge on any atom is -0.463 e. The van der Waals surface area contributed by atoms with Crippen LogP contribution in [0, 0.1) is 0 Å². The molecule has 0 aliphatic carbocycles. The molecule has 0 saturated carbocycles. The quantitative estimate of drug-likeness (QED) is 0.602. The van der Waals surface area contributed by atoms with Gasteiger partial charge in [0.25, 0.3) is 11.8 Å². The minimum absolute atomic E-state index is 0.0300. The Morgan fingerprint density at radius 1 is 0.963 bits per heavy atom. The number of para-hydroxylation sites is 2. The van der Waals surface area contributed by atoms with E-state index in [9.17, 15) is 9.59 Å². The van der Waals surface area contributed by atoms with Gasteiger partial charge in [-0.05, 0) is 43.3 Å². The molecule has 0 unspecified atom stereocenters. The van der Waals surface area contributed by atoms with Crippen LogP contribution >= 0.6 is 0 Å². The fourth-order valence-electron chi connectivity index (χ4n) is 2.66. The van der Waals surface area contributed by atoms with Gasteiger partial charge < -0.3 is 20.4 Å². The second-order valence-electron chi connectivity index (χ2n) is 6.16. The monoisotopic (exact) mass is 364 g/mol. The molecule has 3 rings (SSSR count). The van der Waals surface area contributed by atoms with Crippen LogP contribution in [0.15, 0.2) is 77.4 Å². The molecular formula is C21H22N3O3+. The van der Waals surface area contributed by atoms with Gasteiger partial charge in [0, 0.05) is 5.69 Å². The Hall–Kier alpha value is -3.38. The summed E-state index contributed by atoms with van der Waals surface area (Å²) in [5, 5.41) is 7.52. The standard InChI is InChI=1S/C21H21N3O3/c1-15(19-12-7-13-27-19)22-14-20(25)24-18-11-6-5-10-17(18)21(26)23-16-8-3-2-4-9-16/h2-13,15,22H,14H2,1H3,(H,23,26)(H,24,25)/p+1/t15-/m1/s1. The van der Waals surface area contributed by atoms with Crippen molar-refractivity contribution in [3.63, 3.8) is 0 Å². The first kappa shape index (κ1) is 18.4. The summed E-state index contributed by atoms with van der Waals surface area (Å²) >= 11 is 0. The predicted octanol–water partition coefficient (Wildman–Crippen LogP) is 2.80. The Morgan fingerprint density at radius 3 is 2.44 bits per heavy atom. The van der Waals surface area contributed by atoms with Gasteiger partial charge >= 0.3 is 0 Å². The Morgan fingerprint density at radius 2 is 1.70 bits per heavy atom. The molecule has 0 spiro atoms. The van der Waals surface area contributed by atoms with Gasteiger partial charge in [0.1, 0.15) is 6.04 Å². The molecule has 3 aromatic rings. The summed E-state index contributed by atoms with van der Waals surface area (Å²) in [6.07, 6.45) is 1.61. The van der Waals surface area contributed by atoms with Crippen molar-refractivity contribution < 1.29 is 19.3 Å². The number of nitrogens with one attached hydrogen (secondary N) is 2. The van der Waals surface area contributed by atoms with Crippen molar-refractivity contribution in [1.29, 1.82) is 0 Å². The summed E-state index contributed by atoms with van der Waals surface area (Å²) < 4.78 is 5.34. The number of anilines is 2.